The summed E-state index contributed by atoms with van der Waals surface area (Å²) in [5.74, 6) is 0.474. The van der Waals surface area contributed by atoms with Crippen LogP contribution in [0.4, 0.5) is 0 Å². The Hall–Kier alpha value is -1.25. The minimum Gasteiger partial charge on any atom is -0.315 e. The summed E-state index contributed by atoms with van der Waals surface area (Å²) < 4.78 is 0. The van der Waals surface area contributed by atoms with Gasteiger partial charge >= 0.3 is 0 Å². The quantitative estimate of drug-likeness (QED) is 0.835. The van der Waals surface area contributed by atoms with Crippen LogP contribution in [0, 0.1) is 0 Å². The molecule has 1 atom stereocenters. The summed E-state index contributed by atoms with van der Waals surface area (Å²) in [7, 11) is 0. The molecular weight excluding hydrogens is 250 g/mol. The van der Waals surface area contributed by atoms with Gasteiger partial charge in [0, 0.05) is 17.4 Å². The lowest BCUT2D eigenvalue weighted by atomic mass is 9.88. The van der Waals surface area contributed by atoms with Gasteiger partial charge in [-0.25, -0.2) is 0 Å². The Balaban J connectivity index is 2.13. The lowest BCUT2D eigenvalue weighted by Crippen LogP contribution is -2.21. The van der Waals surface area contributed by atoms with Gasteiger partial charge in [0.1, 0.15) is 0 Å². The molecule has 0 fully saturated rings. The zero-order chi connectivity index (χ0) is 13.1. The van der Waals surface area contributed by atoms with E-state index in [0.717, 1.165) is 19.5 Å². The molecular formula is C17H19NS. The van der Waals surface area contributed by atoms with Crippen molar-refractivity contribution < 1.29 is 0 Å². The molecule has 3 rings (SSSR count). The third-order valence-corrected chi connectivity index (χ3v) is 4.64. The molecule has 2 aromatic carbocycles. The van der Waals surface area contributed by atoms with Crippen LogP contribution in [0.25, 0.3) is 0 Å². The highest BCUT2D eigenvalue weighted by Crippen LogP contribution is 2.35. The van der Waals surface area contributed by atoms with Gasteiger partial charge in [0.05, 0.1) is 0 Å². The monoisotopic (exact) mass is 269 g/mol. The van der Waals surface area contributed by atoms with E-state index in [2.05, 4.69) is 60.1 Å². The van der Waals surface area contributed by atoms with Crippen LogP contribution >= 0.6 is 11.8 Å². The van der Waals surface area contributed by atoms with Gasteiger partial charge in [0.15, 0.2) is 0 Å². The summed E-state index contributed by atoms with van der Waals surface area (Å²) in [6.45, 7) is 2.11. The molecule has 1 aliphatic rings. The van der Waals surface area contributed by atoms with Gasteiger partial charge in [-0.1, -0.05) is 42.5 Å². The molecule has 0 amide bonds. The average Bonchev–Trinajstić information content (AvgIpc) is 2.70. The first-order valence-corrected chi connectivity index (χ1v) is 8.04. The van der Waals surface area contributed by atoms with Gasteiger partial charge in [-0.2, -0.15) is 0 Å². The number of benzene rings is 2. The third-order valence-electron chi connectivity index (χ3n) is 3.85. The number of rotatable bonds is 2. The van der Waals surface area contributed by atoms with Gasteiger partial charge < -0.3 is 5.32 Å². The number of hydrogen-bond acceptors (Lipinski definition) is 2. The summed E-state index contributed by atoms with van der Waals surface area (Å²) in [5.41, 5.74) is 4.46. The van der Waals surface area contributed by atoms with E-state index in [0.29, 0.717) is 5.92 Å². The van der Waals surface area contributed by atoms with Crippen molar-refractivity contribution in [1.29, 1.82) is 0 Å². The molecule has 0 saturated heterocycles. The number of thioether (sulfide) groups is 1. The van der Waals surface area contributed by atoms with E-state index in [4.69, 9.17) is 0 Å². The van der Waals surface area contributed by atoms with Crippen molar-refractivity contribution in [3.05, 3.63) is 65.2 Å². The molecule has 1 nitrogen and oxygen atoms in total. The molecule has 1 N–H and O–H groups in total. The van der Waals surface area contributed by atoms with Crippen LogP contribution in [0.5, 0.6) is 0 Å². The fourth-order valence-electron chi connectivity index (χ4n) is 2.92. The summed E-state index contributed by atoms with van der Waals surface area (Å²) in [4.78, 5) is 1.43. The molecule has 0 radical (unpaired) electrons. The summed E-state index contributed by atoms with van der Waals surface area (Å²) in [6, 6.07) is 17.6. The maximum Gasteiger partial charge on any atom is 0.0228 e. The largest absolute Gasteiger partial charge is 0.315 e. The second-order valence-electron chi connectivity index (χ2n) is 4.95. The van der Waals surface area contributed by atoms with E-state index < -0.39 is 0 Å². The molecule has 1 unspecified atom stereocenters. The molecule has 2 aromatic rings. The summed E-state index contributed by atoms with van der Waals surface area (Å²) in [5, 5.41) is 3.58. The van der Waals surface area contributed by atoms with Crippen LogP contribution in [-0.2, 0) is 6.42 Å². The standard InChI is InChI=1S/C17H19NS/c1-19-16-9-5-8-14-10-11-18-12-15(17(14)16)13-6-3-2-4-7-13/h2-9,15,18H,10-12H2,1H3. The Morgan fingerprint density at radius 1 is 1.05 bits per heavy atom. The van der Waals surface area contributed by atoms with Gasteiger partial charge in [-0.3, -0.25) is 0 Å². The molecule has 0 aromatic heterocycles. The van der Waals surface area contributed by atoms with Crippen molar-refractivity contribution in [3.63, 3.8) is 0 Å². The average molecular weight is 269 g/mol. The predicted molar refractivity (Wildman–Crippen MR) is 83.1 cm³/mol. The molecule has 1 heterocycles. The van der Waals surface area contributed by atoms with Crippen LogP contribution in [-0.4, -0.2) is 19.3 Å². The van der Waals surface area contributed by atoms with Crippen LogP contribution < -0.4 is 5.32 Å². The van der Waals surface area contributed by atoms with E-state index in [1.54, 1.807) is 0 Å². The lowest BCUT2D eigenvalue weighted by molar-refractivity contribution is 0.661. The van der Waals surface area contributed by atoms with E-state index in [1.165, 1.54) is 21.6 Å². The molecule has 0 spiro atoms. The normalized spacial score (nSPS) is 18.7. The zero-order valence-electron chi connectivity index (χ0n) is 11.2. The zero-order valence-corrected chi connectivity index (χ0v) is 12.0. The minimum absolute atomic E-state index is 0.474. The van der Waals surface area contributed by atoms with E-state index in [1.807, 2.05) is 11.8 Å². The smallest absolute Gasteiger partial charge is 0.0228 e. The lowest BCUT2D eigenvalue weighted by Gasteiger charge is -2.21. The van der Waals surface area contributed by atoms with Crippen LogP contribution in [0.2, 0.25) is 0 Å². The molecule has 98 valence electrons. The van der Waals surface area contributed by atoms with Crippen molar-refractivity contribution in [1.82, 2.24) is 5.32 Å². The maximum atomic E-state index is 3.58. The maximum absolute atomic E-state index is 3.58. The van der Waals surface area contributed by atoms with Crippen LogP contribution in [0.1, 0.15) is 22.6 Å². The first-order chi connectivity index (χ1) is 9.40. The second-order valence-corrected chi connectivity index (χ2v) is 5.80. The fraction of sp³-hybridized carbons (Fsp3) is 0.294. The SMILES string of the molecule is CSc1cccc2c1C(c1ccccc1)CNCC2. The molecule has 2 heteroatoms. The third kappa shape index (κ3) is 2.56. The van der Waals surface area contributed by atoms with Crippen molar-refractivity contribution >= 4 is 11.8 Å². The van der Waals surface area contributed by atoms with Crippen LogP contribution in [0.15, 0.2) is 53.4 Å². The second kappa shape index (κ2) is 5.81. The Morgan fingerprint density at radius 3 is 2.68 bits per heavy atom. The predicted octanol–water partition coefficient (Wildman–Crippen LogP) is 3.69. The van der Waals surface area contributed by atoms with Gasteiger partial charge in [-0.05, 0) is 42.0 Å². The summed E-state index contributed by atoms with van der Waals surface area (Å²) in [6.07, 6.45) is 3.31. The topological polar surface area (TPSA) is 12.0 Å². The molecule has 19 heavy (non-hydrogen) atoms. The van der Waals surface area contributed by atoms with Gasteiger partial charge in [0.2, 0.25) is 0 Å². The highest BCUT2D eigenvalue weighted by Gasteiger charge is 2.22. The molecule has 0 bridgehead atoms. The Labute approximate surface area is 119 Å². The van der Waals surface area contributed by atoms with E-state index in [9.17, 15) is 0 Å². The van der Waals surface area contributed by atoms with Crippen molar-refractivity contribution in [2.75, 3.05) is 19.3 Å². The number of hydrogen-bond donors (Lipinski definition) is 1. The van der Waals surface area contributed by atoms with Crippen molar-refractivity contribution in [2.24, 2.45) is 0 Å². The minimum atomic E-state index is 0.474. The van der Waals surface area contributed by atoms with E-state index in [-0.39, 0.29) is 0 Å². The summed E-state index contributed by atoms with van der Waals surface area (Å²) >= 11 is 1.86. The van der Waals surface area contributed by atoms with Gasteiger partial charge in [0.25, 0.3) is 0 Å². The fourth-order valence-corrected chi connectivity index (χ4v) is 3.63. The van der Waals surface area contributed by atoms with Crippen LogP contribution in [0.3, 0.4) is 0 Å². The number of nitrogens with one attached hydrogen (secondary N) is 1. The highest BCUT2D eigenvalue weighted by atomic mass is 32.2. The van der Waals surface area contributed by atoms with Crippen molar-refractivity contribution in [3.8, 4) is 0 Å². The molecule has 0 aliphatic carbocycles. The molecule has 0 saturated carbocycles. The highest BCUT2D eigenvalue weighted by molar-refractivity contribution is 7.98. The Bertz CT molecular complexity index is 550. The Kier molecular flexibility index (Phi) is 3.90. The van der Waals surface area contributed by atoms with E-state index >= 15 is 0 Å². The Morgan fingerprint density at radius 2 is 1.89 bits per heavy atom. The van der Waals surface area contributed by atoms with Gasteiger partial charge in [-0.15, -0.1) is 11.8 Å². The van der Waals surface area contributed by atoms with Crippen molar-refractivity contribution in [2.45, 2.75) is 17.2 Å². The first kappa shape index (κ1) is 12.8. The molecule has 1 aliphatic heterocycles. The first-order valence-electron chi connectivity index (χ1n) is 6.81. The number of fused-ring (bicyclic) bond motifs is 1.